The molecule has 0 fully saturated rings. The third-order valence-corrected chi connectivity index (χ3v) is 3.74. The van der Waals surface area contributed by atoms with Gasteiger partial charge in [0, 0.05) is 19.8 Å². The molecule has 9 heteroatoms. The first-order valence-electron chi connectivity index (χ1n) is 7.10. The summed E-state index contributed by atoms with van der Waals surface area (Å²) in [7, 11) is 2.96. The van der Waals surface area contributed by atoms with Gasteiger partial charge < -0.3 is 15.4 Å². The van der Waals surface area contributed by atoms with Crippen LogP contribution in [-0.2, 0) is 20.6 Å². The summed E-state index contributed by atoms with van der Waals surface area (Å²) in [5, 5.41) is 11.9. The van der Waals surface area contributed by atoms with E-state index in [1.54, 1.807) is 19.2 Å². The third kappa shape index (κ3) is 2.56. The highest BCUT2D eigenvalue weighted by Gasteiger charge is 2.13. The van der Waals surface area contributed by atoms with Crippen LogP contribution in [0, 0.1) is 0 Å². The summed E-state index contributed by atoms with van der Waals surface area (Å²) < 4.78 is 2.32. The molecule has 24 heavy (non-hydrogen) atoms. The fourth-order valence-corrected chi connectivity index (χ4v) is 2.37. The molecule has 0 radical (unpaired) electrons. The monoisotopic (exact) mass is 329 g/mol. The van der Waals surface area contributed by atoms with Gasteiger partial charge in [-0.15, -0.1) is 0 Å². The molecule has 0 saturated carbocycles. The van der Waals surface area contributed by atoms with Crippen molar-refractivity contribution in [2.24, 2.45) is 14.1 Å². The molecule has 0 saturated heterocycles. The average Bonchev–Trinajstić information content (AvgIpc) is 3.01. The Morgan fingerprint density at radius 1 is 1.21 bits per heavy atom. The van der Waals surface area contributed by atoms with Gasteiger partial charge >= 0.3 is 11.7 Å². The Morgan fingerprint density at radius 2 is 1.88 bits per heavy atom. The average molecular weight is 329 g/mol. The van der Waals surface area contributed by atoms with Crippen LogP contribution >= 0.6 is 0 Å². The van der Waals surface area contributed by atoms with E-state index >= 15 is 0 Å². The van der Waals surface area contributed by atoms with Crippen LogP contribution in [0.1, 0.15) is 16.2 Å². The molecule has 3 N–H and O–H groups in total. The van der Waals surface area contributed by atoms with Gasteiger partial charge in [0.15, 0.2) is 5.65 Å². The maximum absolute atomic E-state index is 12.1. The predicted octanol–water partition coefficient (Wildman–Crippen LogP) is 0.271. The number of aryl methyl sites for hydroxylation is 1. The number of aromatic nitrogens is 4. The van der Waals surface area contributed by atoms with E-state index in [-0.39, 0.29) is 11.1 Å². The number of H-pyrrole nitrogens is 1. The summed E-state index contributed by atoms with van der Waals surface area (Å²) >= 11 is 0. The van der Waals surface area contributed by atoms with Crippen LogP contribution < -0.4 is 16.6 Å². The van der Waals surface area contributed by atoms with Gasteiger partial charge in [0.2, 0.25) is 0 Å². The number of nitrogens with zero attached hydrogens (tertiary/aromatic N) is 3. The number of imidazole rings is 1. The number of nitrogens with one attached hydrogen (secondary N) is 2. The van der Waals surface area contributed by atoms with E-state index in [4.69, 9.17) is 5.11 Å². The molecule has 0 aliphatic carbocycles. The molecule has 3 aromatic rings. The van der Waals surface area contributed by atoms with Gasteiger partial charge in [-0.1, -0.05) is 0 Å². The van der Waals surface area contributed by atoms with Crippen molar-refractivity contribution in [1.82, 2.24) is 19.1 Å². The lowest BCUT2D eigenvalue weighted by Crippen LogP contribution is -2.36. The van der Waals surface area contributed by atoms with Gasteiger partial charge in [-0.25, -0.2) is 14.6 Å². The zero-order valence-corrected chi connectivity index (χ0v) is 13.0. The number of carbonyl (C=O) groups is 1. The number of hydrogen-bond donors (Lipinski definition) is 3. The molecule has 0 bridgehead atoms. The summed E-state index contributed by atoms with van der Waals surface area (Å²) in [5.74, 6) is -0.499. The molecular formula is C15H15N5O4. The highest BCUT2D eigenvalue weighted by atomic mass is 16.4. The summed E-state index contributed by atoms with van der Waals surface area (Å²) in [6.07, 6.45) is 0. The molecule has 0 unspecified atom stereocenters. The Labute approximate surface area is 135 Å². The Bertz CT molecular complexity index is 1040. The van der Waals surface area contributed by atoms with Crippen LogP contribution in [0.15, 0.2) is 33.9 Å². The molecular weight excluding hydrogens is 314 g/mol. The summed E-state index contributed by atoms with van der Waals surface area (Å²) in [6, 6.07) is 6.26. The number of aromatic carboxylic acids is 1. The minimum absolute atomic E-state index is 0.197. The quantitative estimate of drug-likeness (QED) is 0.631. The highest BCUT2D eigenvalue weighted by molar-refractivity contribution is 5.88. The minimum atomic E-state index is -0.990. The lowest BCUT2D eigenvalue weighted by Gasteiger charge is -2.04. The largest absolute Gasteiger partial charge is 0.478 e. The lowest BCUT2D eigenvalue weighted by atomic mass is 10.2. The van der Waals surface area contributed by atoms with E-state index in [9.17, 15) is 14.4 Å². The molecule has 0 spiro atoms. The molecule has 2 heterocycles. The lowest BCUT2D eigenvalue weighted by molar-refractivity contribution is 0.0697. The number of carboxylic acid groups (broad SMARTS) is 1. The van der Waals surface area contributed by atoms with E-state index in [2.05, 4.69) is 15.3 Å². The van der Waals surface area contributed by atoms with E-state index in [1.165, 1.54) is 23.7 Å². The number of rotatable bonds is 4. The fourth-order valence-electron chi connectivity index (χ4n) is 2.37. The van der Waals surface area contributed by atoms with Crippen molar-refractivity contribution in [2.45, 2.75) is 6.54 Å². The van der Waals surface area contributed by atoms with Crippen molar-refractivity contribution >= 4 is 22.8 Å². The Kier molecular flexibility index (Phi) is 3.68. The number of anilines is 1. The summed E-state index contributed by atoms with van der Waals surface area (Å²) in [5.41, 5.74) is 0.587. The van der Waals surface area contributed by atoms with Crippen molar-refractivity contribution in [3.05, 3.63) is 56.5 Å². The second kappa shape index (κ2) is 5.69. The van der Waals surface area contributed by atoms with Crippen LogP contribution in [0.3, 0.4) is 0 Å². The highest BCUT2D eigenvalue weighted by Crippen LogP contribution is 2.11. The molecule has 9 nitrogen and oxygen atoms in total. The second-order valence-electron chi connectivity index (χ2n) is 5.32. The zero-order valence-electron chi connectivity index (χ0n) is 13.0. The van der Waals surface area contributed by atoms with Gasteiger partial charge in [0.25, 0.3) is 5.56 Å². The first-order valence-corrected chi connectivity index (χ1v) is 7.10. The number of fused-ring (bicyclic) bond motifs is 1. The zero-order chi connectivity index (χ0) is 17.4. The first-order chi connectivity index (χ1) is 11.4. The van der Waals surface area contributed by atoms with Gasteiger partial charge in [-0.05, 0) is 24.3 Å². The normalized spacial score (nSPS) is 10.9. The molecule has 0 amide bonds. The molecule has 1 aromatic carbocycles. The molecule has 0 atom stereocenters. The molecule has 0 aliphatic heterocycles. The van der Waals surface area contributed by atoms with Crippen LogP contribution in [0.5, 0.6) is 0 Å². The van der Waals surface area contributed by atoms with Crippen molar-refractivity contribution in [3.8, 4) is 0 Å². The van der Waals surface area contributed by atoms with E-state index in [0.29, 0.717) is 23.7 Å². The van der Waals surface area contributed by atoms with Crippen LogP contribution in [0.4, 0.5) is 5.69 Å². The Morgan fingerprint density at radius 3 is 2.50 bits per heavy atom. The topological polar surface area (TPSA) is 122 Å². The third-order valence-electron chi connectivity index (χ3n) is 3.74. The van der Waals surface area contributed by atoms with Crippen LogP contribution in [0.2, 0.25) is 0 Å². The predicted molar refractivity (Wildman–Crippen MR) is 87.3 cm³/mol. The van der Waals surface area contributed by atoms with Gasteiger partial charge in [-0.2, -0.15) is 0 Å². The van der Waals surface area contributed by atoms with E-state index < -0.39 is 17.2 Å². The Hall–Kier alpha value is -3.36. The fraction of sp³-hybridized carbons (Fsp3) is 0.200. The number of aromatic amines is 1. The first kappa shape index (κ1) is 15.5. The van der Waals surface area contributed by atoms with Gasteiger partial charge in [0.05, 0.1) is 12.1 Å². The molecule has 0 aliphatic rings. The van der Waals surface area contributed by atoms with Crippen molar-refractivity contribution in [3.63, 3.8) is 0 Å². The summed E-state index contributed by atoms with van der Waals surface area (Å²) in [6.45, 7) is 0.290. The second-order valence-corrected chi connectivity index (χ2v) is 5.32. The van der Waals surface area contributed by atoms with Crippen molar-refractivity contribution < 1.29 is 9.90 Å². The van der Waals surface area contributed by atoms with Crippen LogP contribution in [0.25, 0.3) is 11.2 Å². The molecule has 124 valence electrons. The number of carboxylic acids is 1. The smallest absolute Gasteiger partial charge is 0.335 e. The number of hydrogen-bond acceptors (Lipinski definition) is 5. The van der Waals surface area contributed by atoms with Crippen LogP contribution in [-0.4, -0.2) is 30.2 Å². The van der Waals surface area contributed by atoms with Gasteiger partial charge in [0.1, 0.15) is 11.3 Å². The van der Waals surface area contributed by atoms with Crippen molar-refractivity contribution in [2.75, 3.05) is 5.32 Å². The summed E-state index contributed by atoms with van der Waals surface area (Å²) in [4.78, 5) is 42.0. The molecule has 2 aromatic heterocycles. The molecule has 3 rings (SSSR count). The maximum atomic E-state index is 12.1. The number of benzene rings is 1. The standard InChI is InChI=1S/C15H15N5O4/c1-19-12-11(13(21)20(2)15(19)24)17-10(18-12)7-16-9-5-3-8(4-6-9)14(22)23/h3-6,16H,7H2,1-2H3,(H,17,18)(H,22,23). The Balaban J connectivity index is 1.87. The van der Waals surface area contributed by atoms with E-state index in [0.717, 1.165) is 4.57 Å². The van der Waals surface area contributed by atoms with Crippen molar-refractivity contribution in [1.29, 1.82) is 0 Å². The van der Waals surface area contributed by atoms with E-state index in [1.807, 2.05) is 0 Å². The minimum Gasteiger partial charge on any atom is -0.478 e. The maximum Gasteiger partial charge on any atom is 0.335 e. The van der Waals surface area contributed by atoms with Gasteiger partial charge in [-0.3, -0.25) is 13.9 Å². The SMILES string of the molecule is Cn1c(=O)c2[nH]c(CNc3ccc(C(=O)O)cc3)nc2n(C)c1=O.